The molecule has 0 aliphatic carbocycles. The first-order valence-corrected chi connectivity index (χ1v) is 11.2. The molecule has 0 bridgehead atoms. The summed E-state index contributed by atoms with van der Waals surface area (Å²) in [6, 6.07) is 11.9. The van der Waals surface area contributed by atoms with E-state index in [9.17, 15) is 0 Å². The third-order valence-corrected chi connectivity index (χ3v) is 5.75. The van der Waals surface area contributed by atoms with Gasteiger partial charge >= 0.3 is 0 Å². The van der Waals surface area contributed by atoms with Crippen molar-refractivity contribution in [1.29, 1.82) is 0 Å². The van der Waals surface area contributed by atoms with E-state index in [0.29, 0.717) is 24.0 Å². The number of pyridine rings is 1. The molecule has 31 heavy (non-hydrogen) atoms. The van der Waals surface area contributed by atoms with Crippen LogP contribution in [0.15, 0.2) is 54.1 Å². The van der Waals surface area contributed by atoms with Crippen LogP contribution in [0.1, 0.15) is 23.1 Å². The molecule has 1 aliphatic heterocycles. The second-order valence-electron chi connectivity index (χ2n) is 7.10. The molecule has 0 saturated carbocycles. The molecule has 5 rings (SSSR count). The summed E-state index contributed by atoms with van der Waals surface area (Å²) in [5.74, 6) is 1.01. The summed E-state index contributed by atoms with van der Waals surface area (Å²) in [6.07, 6.45) is 3.65. The normalized spacial score (nSPS) is 16.0. The Balaban J connectivity index is 1.47. The van der Waals surface area contributed by atoms with Crippen LogP contribution in [0.25, 0.3) is 16.6 Å². The second-order valence-corrected chi connectivity index (χ2v) is 7.78. The molecule has 3 aromatic heterocycles. The first-order chi connectivity index (χ1) is 15.2. The van der Waals surface area contributed by atoms with Gasteiger partial charge in [0.1, 0.15) is 24.0 Å². The molecular weight excluding hydrogens is 509 g/mol. The highest BCUT2D eigenvalue weighted by Gasteiger charge is 2.26. The molecule has 4 aromatic rings. The third-order valence-electron chi connectivity index (χ3n) is 5.10. The number of hydrogen-bond donors (Lipinski definition) is 1. The van der Waals surface area contributed by atoms with Gasteiger partial charge in [0, 0.05) is 11.6 Å². The zero-order chi connectivity index (χ0) is 21.4. The molecule has 0 radical (unpaired) electrons. The fourth-order valence-electron chi connectivity index (χ4n) is 3.64. The lowest BCUT2D eigenvalue weighted by atomic mass is 10.1. The number of aromatic nitrogens is 5. The van der Waals surface area contributed by atoms with Gasteiger partial charge in [-0.05, 0) is 25.1 Å². The first kappa shape index (κ1) is 19.8. The maximum absolute atomic E-state index is 5.57. The number of halogens is 1. The molecule has 0 spiro atoms. The van der Waals surface area contributed by atoms with Crippen LogP contribution in [0.5, 0.6) is 5.88 Å². The van der Waals surface area contributed by atoms with Crippen LogP contribution in [-0.4, -0.2) is 43.9 Å². The van der Waals surface area contributed by atoms with E-state index in [0.717, 1.165) is 32.5 Å². The summed E-state index contributed by atoms with van der Waals surface area (Å²) < 4.78 is 10.2. The number of hydrogen-bond acceptors (Lipinski definition) is 7. The van der Waals surface area contributed by atoms with Crippen LogP contribution in [0.3, 0.4) is 0 Å². The van der Waals surface area contributed by atoms with Crippen LogP contribution in [0.4, 0.5) is 0 Å². The number of imidazole rings is 1. The Morgan fingerprint density at radius 1 is 1.26 bits per heavy atom. The highest BCUT2D eigenvalue weighted by atomic mass is 127. The lowest BCUT2D eigenvalue weighted by Gasteiger charge is -2.23. The van der Waals surface area contributed by atoms with Crippen molar-refractivity contribution in [3.05, 3.63) is 66.0 Å². The van der Waals surface area contributed by atoms with Crippen molar-refractivity contribution in [3.8, 4) is 11.6 Å². The van der Waals surface area contributed by atoms with E-state index in [1.165, 1.54) is 0 Å². The summed E-state index contributed by atoms with van der Waals surface area (Å²) >= 11 is 2.31. The van der Waals surface area contributed by atoms with E-state index in [-0.39, 0.29) is 6.04 Å². The number of benzene rings is 1. The lowest BCUT2D eigenvalue weighted by molar-refractivity contribution is 0.108. The summed E-state index contributed by atoms with van der Waals surface area (Å²) in [7, 11) is 1.59. The van der Waals surface area contributed by atoms with Gasteiger partial charge in [-0.1, -0.05) is 45.9 Å². The van der Waals surface area contributed by atoms with Gasteiger partial charge in [-0.2, -0.15) is 5.10 Å². The maximum Gasteiger partial charge on any atom is 0.238 e. The number of methoxy groups -OCH3 is 1. The van der Waals surface area contributed by atoms with E-state index in [2.05, 4.69) is 55.2 Å². The summed E-state index contributed by atoms with van der Waals surface area (Å²) in [5.41, 5.74) is 4.36. The molecule has 1 aliphatic rings. The van der Waals surface area contributed by atoms with E-state index in [1.807, 2.05) is 46.6 Å². The van der Waals surface area contributed by atoms with Gasteiger partial charge in [-0.15, -0.1) is 0 Å². The van der Waals surface area contributed by atoms with Crippen molar-refractivity contribution in [2.45, 2.75) is 17.5 Å². The van der Waals surface area contributed by atoms with Gasteiger partial charge < -0.3 is 19.5 Å². The van der Waals surface area contributed by atoms with Crippen LogP contribution in [-0.2, 0) is 9.39 Å². The number of fused-ring (bicyclic) bond motifs is 1. The minimum absolute atomic E-state index is 0.148. The fraction of sp³-hybridized carbons (Fsp3) is 0.238. The van der Waals surface area contributed by atoms with Crippen molar-refractivity contribution < 1.29 is 9.57 Å². The van der Waals surface area contributed by atoms with Gasteiger partial charge in [0.05, 0.1) is 34.9 Å². The van der Waals surface area contributed by atoms with E-state index < -0.39 is 0 Å². The molecule has 0 saturated heterocycles. The van der Waals surface area contributed by atoms with E-state index in [1.54, 1.807) is 13.4 Å². The number of amidine groups is 1. The Morgan fingerprint density at radius 2 is 2.13 bits per heavy atom. The number of alkyl halides is 1. The summed E-state index contributed by atoms with van der Waals surface area (Å²) in [5, 5.41) is 13.5. The van der Waals surface area contributed by atoms with Crippen LogP contribution >= 0.6 is 22.6 Å². The number of nitrogens with zero attached hydrogens (tertiary/aromatic N) is 6. The van der Waals surface area contributed by atoms with E-state index in [4.69, 9.17) is 14.7 Å². The van der Waals surface area contributed by atoms with Crippen LogP contribution in [0, 0.1) is 6.92 Å². The van der Waals surface area contributed by atoms with Gasteiger partial charge in [0.2, 0.25) is 5.88 Å². The third kappa shape index (κ3) is 3.60. The Bertz CT molecular complexity index is 1280. The van der Waals surface area contributed by atoms with Crippen molar-refractivity contribution >= 4 is 39.3 Å². The van der Waals surface area contributed by atoms with Crippen molar-refractivity contribution in [2.75, 3.05) is 13.7 Å². The topological polar surface area (TPSA) is 91.4 Å². The van der Waals surface area contributed by atoms with Crippen LogP contribution < -0.4 is 10.1 Å². The average Bonchev–Trinajstić information content (AvgIpc) is 3.42. The quantitative estimate of drug-likeness (QED) is 0.315. The van der Waals surface area contributed by atoms with Gasteiger partial charge in [0.25, 0.3) is 0 Å². The van der Waals surface area contributed by atoms with E-state index >= 15 is 0 Å². The molecule has 1 N–H and O–H groups in total. The molecule has 1 unspecified atom stereocenters. The molecule has 1 aromatic carbocycles. The first-order valence-electron chi connectivity index (χ1n) is 9.72. The molecule has 0 amide bonds. The minimum atomic E-state index is -0.148. The molecule has 1 atom stereocenters. The SMILES string of the molecule is COc1nc(C2=NOCC(c3nn(CI)c4ccccc34)N2)ccc1-n1cnc(C)c1. The minimum Gasteiger partial charge on any atom is -0.479 e. The largest absolute Gasteiger partial charge is 0.479 e. The summed E-state index contributed by atoms with van der Waals surface area (Å²) in [6.45, 7) is 2.32. The highest BCUT2D eigenvalue weighted by molar-refractivity contribution is 14.1. The zero-order valence-corrected chi connectivity index (χ0v) is 19.1. The Morgan fingerprint density at radius 3 is 2.90 bits per heavy atom. The van der Waals surface area contributed by atoms with Gasteiger partial charge in [-0.25, -0.2) is 9.97 Å². The fourth-order valence-corrected chi connectivity index (χ4v) is 4.16. The second kappa shape index (κ2) is 8.17. The van der Waals surface area contributed by atoms with Gasteiger partial charge in [-0.3, -0.25) is 4.68 Å². The van der Waals surface area contributed by atoms with Crippen molar-refractivity contribution in [3.63, 3.8) is 0 Å². The smallest absolute Gasteiger partial charge is 0.238 e. The number of nitrogens with one attached hydrogen (secondary N) is 1. The molecule has 9 nitrogen and oxygen atoms in total. The Labute approximate surface area is 192 Å². The molecular formula is C21H20IN7O2. The highest BCUT2D eigenvalue weighted by Crippen LogP contribution is 2.27. The Kier molecular flexibility index (Phi) is 5.22. The monoisotopic (exact) mass is 529 g/mol. The van der Waals surface area contributed by atoms with Crippen molar-refractivity contribution in [2.24, 2.45) is 5.16 Å². The molecule has 158 valence electrons. The number of aryl methyl sites for hydroxylation is 1. The predicted octanol–water partition coefficient (Wildman–Crippen LogP) is 3.35. The lowest BCUT2D eigenvalue weighted by Crippen LogP contribution is -2.36. The van der Waals surface area contributed by atoms with Gasteiger partial charge in [0.15, 0.2) is 5.84 Å². The standard InChI is InChI=1S/C21H20IN7O2/c1-13-9-28(12-23-13)18-8-7-15(25-21(18)30-2)20-24-16(10-31-27-20)19-14-5-3-4-6-17(14)29(11-22)26-19/h3-9,12,16H,10-11H2,1-2H3,(H,24,27). The Hall–Kier alpha value is -3.15. The van der Waals surface area contributed by atoms with Crippen molar-refractivity contribution in [1.82, 2.24) is 29.6 Å². The number of para-hydroxylation sites is 1. The predicted molar refractivity (Wildman–Crippen MR) is 125 cm³/mol. The maximum atomic E-state index is 5.57. The number of rotatable bonds is 5. The van der Waals surface area contributed by atoms with Crippen LogP contribution in [0.2, 0.25) is 0 Å². The molecule has 0 fully saturated rings. The number of ether oxygens (including phenoxy) is 1. The zero-order valence-electron chi connectivity index (χ0n) is 17.0. The molecule has 10 heteroatoms. The number of oxime groups is 1. The summed E-state index contributed by atoms with van der Waals surface area (Å²) in [4.78, 5) is 14.5. The molecule has 4 heterocycles. The average molecular weight is 529 g/mol.